The van der Waals surface area contributed by atoms with E-state index in [9.17, 15) is 0 Å². The molecule has 1 aliphatic carbocycles. The summed E-state index contributed by atoms with van der Waals surface area (Å²) in [6, 6.07) is 8.27. The molecular formula is C18H28BrNO. The number of hydrogen-bond donors (Lipinski definition) is 1. The number of hydrogen-bond acceptors (Lipinski definition) is 2. The molecule has 2 nitrogen and oxygen atoms in total. The normalized spacial score (nSPS) is 26.0. The predicted octanol–water partition coefficient (Wildman–Crippen LogP) is 5.34. The third-order valence-electron chi connectivity index (χ3n) is 4.55. The fourth-order valence-corrected chi connectivity index (χ4v) is 3.71. The van der Waals surface area contributed by atoms with Crippen LogP contribution in [0.2, 0.25) is 0 Å². The lowest BCUT2D eigenvalue weighted by atomic mass is 9.75. The van der Waals surface area contributed by atoms with Crippen LogP contribution in [-0.2, 0) is 4.74 Å². The van der Waals surface area contributed by atoms with E-state index in [0.29, 0.717) is 6.10 Å². The van der Waals surface area contributed by atoms with Crippen molar-refractivity contribution in [2.24, 2.45) is 17.8 Å². The highest BCUT2D eigenvalue weighted by molar-refractivity contribution is 9.10. The minimum Gasteiger partial charge on any atom is -0.383 e. The highest BCUT2D eigenvalue weighted by atomic mass is 79.9. The maximum atomic E-state index is 6.21. The monoisotopic (exact) mass is 353 g/mol. The van der Waals surface area contributed by atoms with Crippen molar-refractivity contribution in [1.29, 1.82) is 0 Å². The van der Waals surface area contributed by atoms with Crippen LogP contribution < -0.4 is 5.32 Å². The van der Waals surface area contributed by atoms with Crippen molar-refractivity contribution in [2.75, 3.05) is 18.5 Å². The fraction of sp³-hybridized carbons (Fsp3) is 0.667. The number of ether oxygens (including phenoxy) is 1. The summed E-state index contributed by atoms with van der Waals surface area (Å²) in [6.07, 6.45) is 4.35. The first-order valence-electron chi connectivity index (χ1n) is 8.17. The van der Waals surface area contributed by atoms with Gasteiger partial charge in [-0.05, 0) is 48.8 Å². The van der Waals surface area contributed by atoms with Gasteiger partial charge in [0.1, 0.15) is 0 Å². The van der Waals surface area contributed by atoms with Gasteiger partial charge in [0.25, 0.3) is 0 Å². The summed E-state index contributed by atoms with van der Waals surface area (Å²) in [5, 5.41) is 3.43. The van der Waals surface area contributed by atoms with Crippen LogP contribution in [0.1, 0.15) is 40.0 Å². The van der Waals surface area contributed by atoms with Crippen molar-refractivity contribution in [1.82, 2.24) is 0 Å². The van der Waals surface area contributed by atoms with Crippen LogP contribution in [0.5, 0.6) is 0 Å². The zero-order chi connectivity index (χ0) is 15.2. The van der Waals surface area contributed by atoms with Crippen LogP contribution in [-0.4, -0.2) is 19.3 Å². The summed E-state index contributed by atoms with van der Waals surface area (Å²) in [5.74, 6) is 2.26. The molecule has 1 aromatic carbocycles. The molecule has 3 unspecified atom stereocenters. The number of rotatable bonds is 6. The highest BCUT2D eigenvalue weighted by Gasteiger charge is 2.31. The van der Waals surface area contributed by atoms with Gasteiger partial charge >= 0.3 is 0 Å². The Balaban J connectivity index is 1.76. The van der Waals surface area contributed by atoms with Crippen molar-refractivity contribution < 1.29 is 4.74 Å². The Morgan fingerprint density at radius 1 is 1.33 bits per heavy atom. The smallest absolute Gasteiger partial charge is 0.0642 e. The summed E-state index contributed by atoms with van der Waals surface area (Å²) < 4.78 is 7.31. The van der Waals surface area contributed by atoms with Crippen LogP contribution in [0.15, 0.2) is 28.7 Å². The lowest BCUT2D eigenvalue weighted by Crippen LogP contribution is -2.35. The van der Waals surface area contributed by atoms with E-state index in [1.54, 1.807) is 0 Å². The SMILES string of the molecule is CC1CCC(C(C)C)C(OCCNc2cccc(Br)c2)C1. The molecule has 118 valence electrons. The van der Waals surface area contributed by atoms with Gasteiger partial charge in [0.2, 0.25) is 0 Å². The number of nitrogens with one attached hydrogen (secondary N) is 1. The van der Waals surface area contributed by atoms with E-state index in [4.69, 9.17) is 4.74 Å². The largest absolute Gasteiger partial charge is 0.383 e. The highest BCUT2D eigenvalue weighted by Crippen LogP contribution is 2.35. The van der Waals surface area contributed by atoms with Crippen LogP contribution in [0, 0.1) is 17.8 Å². The van der Waals surface area contributed by atoms with Gasteiger partial charge in [-0.15, -0.1) is 0 Å². The molecule has 0 aliphatic heterocycles. The molecule has 1 aromatic rings. The maximum absolute atomic E-state index is 6.21. The Hall–Kier alpha value is -0.540. The van der Waals surface area contributed by atoms with Crippen LogP contribution >= 0.6 is 15.9 Å². The van der Waals surface area contributed by atoms with E-state index >= 15 is 0 Å². The summed E-state index contributed by atoms with van der Waals surface area (Å²) in [5.41, 5.74) is 1.14. The second-order valence-corrected chi connectivity index (χ2v) is 7.59. The zero-order valence-corrected chi connectivity index (χ0v) is 15.0. The van der Waals surface area contributed by atoms with Crippen molar-refractivity contribution in [2.45, 2.75) is 46.1 Å². The van der Waals surface area contributed by atoms with Crippen molar-refractivity contribution in [3.05, 3.63) is 28.7 Å². The standard InChI is InChI=1S/C18H28BrNO/c1-13(2)17-8-7-14(3)11-18(17)21-10-9-20-16-6-4-5-15(19)12-16/h4-6,12-14,17-18,20H,7-11H2,1-3H3. The lowest BCUT2D eigenvalue weighted by Gasteiger charge is -2.37. The second kappa shape index (κ2) is 8.19. The molecule has 0 bridgehead atoms. The van der Waals surface area contributed by atoms with Gasteiger partial charge in [-0.3, -0.25) is 0 Å². The number of halogens is 1. The molecule has 2 rings (SSSR count). The van der Waals surface area contributed by atoms with Crippen molar-refractivity contribution >= 4 is 21.6 Å². The van der Waals surface area contributed by atoms with Crippen LogP contribution in [0.3, 0.4) is 0 Å². The summed E-state index contributed by atoms with van der Waals surface area (Å²) >= 11 is 3.49. The average Bonchev–Trinajstić information content (AvgIpc) is 2.43. The Kier molecular flexibility index (Phi) is 6.56. The minimum absolute atomic E-state index is 0.443. The first-order chi connectivity index (χ1) is 10.1. The molecule has 0 aromatic heterocycles. The molecule has 0 saturated heterocycles. The molecular weight excluding hydrogens is 326 g/mol. The Bertz CT molecular complexity index is 435. The Morgan fingerprint density at radius 2 is 2.14 bits per heavy atom. The molecule has 21 heavy (non-hydrogen) atoms. The molecule has 0 spiro atoms. The Labute approximate surface area is 137 Å². The maximum Gasteiger partial charge on any atom is 0.0642 e. The lowest BCUT2D eigenvalue weighted by molar-refractivity contribution is -0.0340. The fourth-order valence-electron chi connectivity index (χ4n) is 3.31. The van der Waals surface area contributed by atoms with Crippen molar-refractivity contribution in [3.63, 3.8) is 0 Å². The first-order valence-corrected chi connectivity index (χ1v) is 8.96. The van der Waals surface area contributed by atoms with E-state index < -0.39 is 0 Å². The molecule has 1 fully saturated rings. The van der Waals surface area contributed by atoms with Gasteiger partial charge < -0.3 is 10.1 Å². The molecule has 1 aliphatic rings. The zero-order valence-electron chi connectivity index (χ0n) is 13.4. The molecule has 1 saturated carbocycles. The Morgan fingerprint density at radius 3 is 2.86 bits per heavy atom. The number of anilines is 1. The molecule has 0 amide bonds. The van der Waals surface area contributed by atoms with E-state index in [2.05, 4.69) is 54.2 Å². The third kappa shape index (κ3) is 5.30. The topological polar surface area (TPSA) is 21.3 Å². The molecule has 3 atom stereocenters. The quantitative estimate of drug-likeness (QED) is 0.697. The van der Waals surface area contributed by atoms with Gasteiger partial charge in [-0.25, -0.2) is 0 Å². The van der Waals surface area contributed by atoms with Gasteiger partial charge in [-0.2, -0.15) is 0 Å². The molecule has 0 radical (unpaired) electrons. The average molecular weight is 354 g/mol. The first kappa shape index (κ1) is 16.8. The van der Waals surface area contributed by atoms with Crippen molar-refractivity contribution in [3.8, 4) is 0 Å². The van der Waals surface area contributed by atoms with Gasteiger partial charge in [-0.1, -0.05) is 49.2 Å². The van der Waals surface area contributed by atoms with Gasteiger partial charge in [0.05, 0.1) is 12.7 Å². The summed E-state index contributed by atoms with van der Waals surface area (Å²) in [6.45, 7) is 8.67. The molecule has 0 heterocycles. The van der Waals surface area contributed by atoms with Gasteiger partial charge in [0.15, 0.2) is 0 Å². The van der Waals surface area contributed by atoms with E-state index in [0.717, 1.165) is 41.1 Å². The molecule has 3 heteroatoms. The van der Waals surface area contributed by atoms with Crippen LogP contribution in [0.4, 0.5) is 5.69 Å². The minimum atomic E-state index is 0.443. The third-order valence-corrected chi connectivity index (χ3v) is 5.04. The number of benzene rings is 1. The second-order valence-electron chi connectivity index (χ2n) is 6.67. The van der Waals surface area contributed by atoms with E-state index in [1.807, 2.05) is 12.1 Å². The van der Waals surface area contributed by atoms with E-state index in [-0.39, 0.29) is 0 Å². The van der Waals surface area contributed by atoms with Gasteiger partial charge in [0, 0.05) is 16.7 Å². The molecule has 1 N–H and O–H groups in total. The van der Waals surface area contributed by atoms with E-state index in [1.165, 1.54) is 19.3 Å². The summed E-state index contributed by atoms with van der Waals surface area (Å²) in [7, 11) is 0. The summed E-state index contributed by atoms with van der Waals surface area (Å²) in [4.78, 5) is 0. The predicted molar refractivity (Wildman–Crippen MR) is 93.7 cm³/mol. The van der Waals surface area contributed by atoms with Crippen LogP contribution in [0.25, 0.3) is 0 Å².